The topological polar surface area (TPSA) is 87.8 Å². The molecule has 37 heavy (non-hydrogen) atoms. The monoisotopic (exact) mass is 518 g/mol. The standard InChI is InChI=1S/C14H8F4N4O.C6H8N2.C5H10O/c1-6-13(23-14(17)18)22-11-10(19-5-20-12(11)21-6)8-3-2-7(15)4-9(8)16;1-4-7-8(5-1)6-2-3-6;1-2-4-6-5-3-1/h2-5,14H,1H3;1,4-6H,2-3H2;1-5H2. The molecular weight excluding hydrogens is 492 g/mol. The summed E-state index contributed by atoms with van der Waals surface area (Å²) >= 11 is 0. The largest absolute Gasteiger partial charge is 0.415 e. The number of fused-ring (bicyclic) bond motifs is 1. The predicted molar refractivity (Wildman–Crippen MR) is 127 cm³/mol. The van der Waals surface area contributed by atoms with Crippen molar-refractivity contribution in [1.29, 1.82) is 0 Å². The van der Waals surface area contributed by atoms with Crippen molar-refractivity contribution in [2.45, 2.75) is 51.7 Å². The maximum absolute atomic E-state index is 14.0. The second-order valence-corrected chi connectivity index (χ2v) is 8.40. The van der Waals surface area contributed by atoms with Crippen LogP contribution in [0, 0.1) is 18.6 Å². The third-order valence-corrected chi connectivity index (χ3v) is 5.51. The van der Waals surface area contributed by atoms with Crippen LogP contribution in [0.2, 0.25) is 0 Å². The number of ether oxygens (including phenoxy) is 2. The molecule has 4 heterocycles. The van der Waals surface area contributed by atoms with E-state index in [4.69, 9.17) is 4.74 Å². The van der Waals surface area contributed by atoms with Gasteiger partial charge in [-0.1, -0.05) is 0 Å². The van der Waals surface area contributed by atoms with E-state index in [9.17, 15) is 17.6 Å². The molecule has 0 bridgehead atoms. The van der Waals surface area contributed by atoms with Crippen molar-refractivity contribution >= 4 is 11.2 Å². The van der Waals surface area contributed by atoms with E-state index < -0.39 is 24.1 Å². The molecule has 1 aliphatic carbocycles. The predicted octanol–water partition coefficient (Wildman–Crippen LogP) is 5.68. The molecule has 1 aliphatic heterocycles. The van der Waals surface area contributed by atoms with E-state index in [1.165, 1.54) is 45.1 Å². The molecule has 1 aromatic carbocycles. The highest BCUT2D eigenvalue weighted by molar-refractivity contribution is 5.87. The average molecular weight is 519 g/mol. The minimum Gasteiger partial charge on any atom is -0.415 e. The number of nitrogens with zero attached hydrogens (tertiary/aromatic N) is 6. The third kappa shape index (κ3) is 7.42. The summed E-state index contributed by atoms with van der Waals surface area (Å²) in [6, 6.07) is 5.61. The van der Waals surface area contributed by atoms with Gasteiger partial charge in [0.05, 0.1) is 6.04 Å². The summed E-state index contributed by atoms with van der Waals surface area (Å²) in [5.41, 5.74) is 0.0955. The zero-order valence-electron chi connectivity index (χ0n) is 20.2. The van der Waals surface area contributed by atoms with Crippen LogP contribution in [-0.4, -0.2) is 49.5 Å². The second kappa shape index (κ2) is 12.5. The molecule has 0 amide bonds. The molecule has 0 unspecified atom stereocenters. The van der Waals surface area contributed by atoms with Crippen molar-refractivity contribution < 1.29 is 27.0 Å². The van der Waals surface area contributed by atoms with Gasteiger partial charge in [0.1, 0.15) is 34.9 Å². The van der Waals surface area contributed by atoms with Crippen LogP contribution in [0.3, 0.4) is 0 Å². The first-order valence-electron chi connectivity index (χ1n) is 11.9. The van der Waals surface area contributed by atoms with Crippen LogP contribution in [0.4, 0.5) is 17.6 Å². The minimum absolute atomic E-state index is 0.000818. The fourth-order valence-electron chi connectivity index (χ4n) is 3.54. The maximum Gasteiger partial charge on any atom is 0.388 e. The van der Waals surface area contributed by atoms with Gasteiger partial charge in [0, 0.05) is 37.2 Å². The molecule has 0 radical (unpaired) electrons. The molecule has 2 aliphatic rings. The van der Waals surface area contributed by atoms with Gasteiger partial charge < -0.3 is 9.47 Å². The summed E-state index contributed by atoms with van der Waals surface area (Å²) in [4.78, 5) is 15.7. The molecule has 0 spiro atoms. The Morgan fingerprint density at radius 1 is 1.05 bits per heavy atom. The van der Waals surface area contributed by atoms with E-state index in [2.05, 4.69) is 29.8 Å². The molecule has 12 heteroatoms. The number of alkyl halides is 2. The van der Waals surface area contributed by atoms with E-state index >= 15 is 0 Å². The molecule has 8 nitrogen and oxygen atoms in total. The van der Waals surface area contributed by atoms with Crippen LogP contribution >= 0.6 is 0 Å². The molecule has 6 rings (SSSR count). The molecule has 0 N–H and O–H groups in total. The van der Waals surface area contributed by atoms with E-state index in [-0.39, 0.29) is 28.1 Å². The Balaban J connectivity index is 0.000000183. The van der Waals surface area contributed by atoms with Crippen LogP contribution in [-0.2, 0) is 4.74 Å². The SMILES string of the molecule is C1CCOCC1.Cc1nc2ncnc(-c3ccc(F)cc3F)c2nc1OC(F)F.c1cnn(C2CC2)c1. The van der Waals surface area contributed by atoms with E-state index in [1.54, 1.807) is 0 Å². The van der Waals surface area contributed by atoms with Gasteiger partial charge in [0.25, 0.3) is 0 Å². The molecule has 0 atom stereocenters. The Bertz CT molecular complexity index is 1290. The summed E-state index contributed by atoms with van der Waals surface area (Å²) < 4.78 is 63.2. The molecule has 2 fully saturated rings. The quantitative estimate of drug-likeness (QED) is 0.321. The number of benzene rings is 1. The van der Waals surface area contributed by atoms with Gasteiger partial charge in [-0.05, 0) is 57.2 Å². The Labute approximate surface area is 210 Å². The van der Waals surface area contributed by atoms with Crippen molar-refractivity contribution in [2.75, 3.05) is 13.2 Å². The van der Waals surface area contributed by atoms with Crippen LogP contribution < -0.4 is 4.74 Å². The normalized spacial score (nSPS) is 15.0. The highest BCUT2D eigenvalue weighted by Crippen LogP contribution is 2.33. The summed E-state index contributed by atoms with van der Waals surface area (Å²) in [6.45, 7) is 0.334. The number of halogens is 4. The molecule has 4 aromatic rings. The molecule has 196 valence electrons. The second-order valence-electron chi connectivity index (χ2n) is 8.40. The number of rotatable bonds is 4. The van der Waals surface area contributed by atoms with Gasteiger partial charge in [0.2, 0.25) is 5.88 Å². The van der Waals surface area contributed by atoms with E-state index in [1.807, 2.05) is 23.1 Å². The fraction of sp³-hybridized carbons (Fsp3) is 0.400. The minimum atomic E-state index is -3.09. The number of hydrogen-bond acceptors (Lipinski definition) is 7. The zero-order chi connectivity index (χ0) is 26.2. The lowest BCUT2D eigenvalue weighted by Gasteiger charge is -2.09. The number of hydrogen-bond donors (Lipinski definition) is 0. The summed E-state index contributed by atoms with van der Waals surface area (Å²) in [5.74, 6) is -2.04. The van der Waals surface area contributed by atoms with E-state index in [0.717, 1.165) is 31.6 Å². The molecule has 3 aromatic heterocycles. The first-order valence-corrected chi connectivity index (χ1v) is 11.9. The van der Waals surface area contributed by atoms with Gasteiger partial charge >= 0.3 is 6.61 Å². The first-order chi connectivity index (χ1) is 17.9. The summed E-state index contributed by atoms with van der Waals surface area (Å²) in [5, 5.41) is 4.09. The highest BCUT2D eigenvalue weighted by atomic mass is 19.3. The smallest absolute Gasteiger partial charge is 0.388 e. The van der Waals surface area contributed by atoms with Gasteiger partial charge in [-0.25, -0.2) is 28.7 Å². The van der Waals surface area contributed by atoms with Crippen molar-refractivity contribution in [3.63, 3.8) is 0 Å². The zero-order valence-corrected chi connectivity index (χ0v) is 20.2. The lowest BCUT2D eigenvalue weighted by Crippen LogP contribution is -2.07. The maximum atomic E-state index is 14.0. The van der Waals surface area contributed by atoms with Crippen molar-refractivity contribution in [1.82, 2.24) is 29.7 Å². The van der Waals surface area contributed by atoms with Crippen molar-refractivity contribution in [3.05, 3.63) is 60.3 Å². The van der Waals surface area contributed by atoms with Crippen LogP contribution in [0.5, 0.6) is 5.88 Å². The summed E-state index contributed by atoms with van der Waals surface area (Å²) in [7, 11) is 0. The van der Waals surface area contributed by atoms with Crippen molar-refractivity contribution in [2.24, 2.45) is 0 Å². The van der Waals surface area contributed by atoms with Crippen LogP contribution in [0.1, 0.15) is 43.8 Å². The van der Waals surface area contributed by atoms with Crippen molar-refractivity contribution in [3.8, 4) is 17.1 Å². The first kappa shape index (κ1) is 26.4. The van der Waals surface area contributed by atoms with Gasteiger partial charge in [-0.2, -0.15) is 13.9 Å². The molecular formula is C25H26F4N6O2. The average Bonchev–Trinajstić information content (AvgIpc) is 3.59. The van der Waals surface area contributed by atoms with Gasteiger partial charge in [-0.15, -0.1) is 0 Å². The van der Waals surface area contributed by atoms with Gasteiger partial charge in [0.15, 0.2) is 5.65 Å². The molecule has 1 saturated heterocycles. The fourth-order valence-corrected chi connectivity index (χ4v) is 3.54. The Morgan fingerprint density at radius 3 is 2.41 bits per heavy atom. The number of aryl methyl sites for hydroxylation is 1. The molecule has 1 saturated carbocycles. The number of aromatic nitrogens is 6. The van der Waals surface area contributed by atoms with Gasteiger partial charge in [-0.3, -0.25) is 4.68 Å². The third-order valence-electron chi connectivity index (χ3n) is 5.51. The Hall–Kier alpha value is -3.67. The highest BCUT2D eigenvalue weighted by Gasteiger charge is 2.23. The Kier molecular flexibility index (Phi) is 8.94. The lowest BCUT2D eigenvalue weighted by atomic mass is 10.1. The van der Waals surface area contributed by atoms with Crippen LogP contribution in [0.25, 0.3) is 22.4 Å². The van der Waals surface area contributed by atoms with Crippen LogP contribution in [0.15, 0.2) is 43.0 Å². The van der Waals surface area contributed by atoms with E-state index in [0.29, 0.717) is 6.07 Å². The summed E-state index contributed by atoms with van der Waals surface area (Å²) in [6.07, 6.45) is 11.6. The Morgan fingerprint density at radius 2 is 1.84 bits per heavy atom. The lowest BCUT2D eigenvalue weighted by molar-refractivity contribution is -0.0534.